The predicted octanol–water partition coefficient (Wildman–Crippen LogP) is 1.72. The predicted molar refractivity (Wildman–Crippen MR) is 68.2 cm³/mol. The molecule has 0 saturated carbocycles. The summed E-state index contributed by atoms with van der Waals surface area (Å²) in [5.74, 6) is 0.970. The van der Waals surface area contributed by atoms with Gasteiger partial charge in [-0.05, 0) is 42.5 Å². The maximum absolute atomic E-state index is 6.10. The van der Waals surface area contributed by atoms with E-state index in [4.69, 9.17) is 10.5 Å². The molecule has 2 aliphatic heterocycles. The maximum Gasteiger partial charge on any atom is 0.119 e. The first-order valence-corrected chi connectivity index (χ1v) is 6.44. The van der Waals surface area contributed by atoms with Crippen LogP contribution < -0.4 is 10.5 Å². The second kappa shape index (κ2) is 4.31. The molecule has 0 spiro atoms. The van der Waals surface area contributed by atoms with Crippen LogP contribution in [-0.2, 0) is 6.42 Å². The molecule has 2 N–H and O–H groups in total. The summed E-state index contributed by atoms with van der Waals surface area (Å²) in [6, 6.07) is 7.39. The van der Waals surface area contributed by atoms with E-state index in [1.54, 1.807) is 7.11 Å². The summed E-state index contributed by atoms with van der Waals surface area (Å²) in [6.07, 6.45) is 3.37. The molecule has 2 heterocycles. The van der Waals surface area contributed by atoms with Crippen molar-refractivity contribution in [3.05, 3.63) is 29.3 Å². The van der Waals surface area contributed by atoms with E-state index in [1.807, 2.05) is 0 Å². The largest absolute Gasteiger partial charge is 0.497 e. The fraction of sp³-hybridized carbons (Fsp3) is 0.571. The van der Waals surface area contributed by atoms with Crippen LogP contribution in [-0.4, -0.2) is 31.1 Å². The van der Waals surface area contributed by atoms with Gasteiger partial charge in [0.2, 0.25) is 0 Å². The first-order chi connectivity index (χ1) is 8.28. The monoisotopic (exact) mass is 232 g/mol. The Hall–Kier alpha value is -1.06. The lowest BCUT2D eigenvalue weighted by atomic mass is 9.85. The molecule has 92 valence electrons. The van der Waals surface area contributed by atoms with Crippen molar-refractivity contribution in [1.29, 1.82) is 0 Å². The number of nitrogens with zero attached hydrogens (tertiary/aromatic N) is 1. The molecule has 2 atom stereocenters. The highest BCUT2D eigenvalue weighted by Gasteiger charge is 2.32. The summed E-state index contributed by atoms with van der Waals surface area (Å²) in [7, 11) is 1.73. The van der Waals surface area contributed by atoms with E-state index in [9.17, 15) is 0 Å². The number of benzene rings is 1. The molecule has 0 aliphatic carbocycles. The molecular weight excluding hydrogens is 212 g/mol. The van der Waals surface area contributed by atoms with Crippen molar-refractivity contribution in [1.82, 2.24) is 4.90 Å². The maximum atomic E-state index is 6.10. The number of ether oxygens (including phenoxy) is 1. The van der Waals surface area contributed by atoms with Crippen LogP contribution in [0.5, 0.6) is 5.75 Å². The highest BCUT2D eigenvalue weighted by Crippen LogP contribution is 2.37. The molecule has 1 aromatic rings. The molecule has 0 aromatic heterocycles. The second-order valence-corrected chi connectivity index (χ2v) is 5.15. The van der Waals surface area contributed by atoms with E-state index in [-0.39, 0.29) is 0 Å². The van der Waals surface area contributed by atoms with Crippen LogP contribution in [0.15, 0.2) is 18.2 Å². The van der Waals surface area contributed by atoms with Crippen molar-refractivity contribution >= 4 is 0 Å². The Balaban J connectivity index is 1.94. The van der Waals surface area contributed by atoms with Gasteiger partial charge in [0, 0.05) is 25.2 Å². The number of nitrogens with two attached hydrogens (primary N) is 1. The van der Waals surface area contributed by atoms with Crippen molar-refractivity contribution in [2.45, 2.75) is 31.3 Å². The molecule has 3 rings (SSSR count). The smallest absolute Gasteiger partial charge is 0.119 e. The summed E-state index contributed by atoms with van der Waals surface area (Å²) in [5, 5.41) is 0. The average molecular weight is 232 g/mol. The second-order valence-electron chi connectivity index (χ2n) is 5.15. The first kappa shape index (κ1) is 11.1. The number of piperidine rings is 1. The van der Waals surface area contributed by atoms with Crippen LogP contribution in [0.4, 0.5) is 0 Å². The van der Waals surface area contributed by atoms with Crippen LogP contribution in [0.2, 0.25) is 0 Å². The molecule has 3 nitrogen and oxygen atoms in total. The Morgan fingerprint density at radius 3 is 3.06 bits per heavy atom. The van der Waals surface area contributed by atoms with Crippen LogP contribution in [0.25, 0.3) is 0 Å². The van der Waals surface area contributed by atoms with Crippen molar-refractivity contribution in [2.75, 3.05) is 20.2 Å². The molecule has 1 fully saturated rings. The van der Waals surface area contributed by atoms with E-state index < -0.39 is 0 Å². The van der Waals surface area contributed by atoms with Gasteiger partial charge in [0.15, 0.2) is 0 Å². The van der Waals surface area contributed by atoms with Gasteiger partial charge < -0.3 is 10.5 Å². The van der Waals surface area contributed by atoms with Gasteiger partial charge in [-0.2, -0.15) is 0 Å². The number of hydrogen-bond acceptors (Lipinski definition) is 3. The van der Waals surface area contributed by atoms with Gasteiger partial charge in [-0.25, -0.2) is 0 Å². The lowest BCUT2D eigenvalue weighted by Gasteiger charge is -2.42. The molecule has 17 heavy (non-hydrogen) atoms. The highest BCUT2D eigenvalue weighted by molar-refractivity contribution is 5.39. The Labute approximate surface area is 103 Å². The van der Waals surface area contributed by atoms with Crippen molar-refractivity contribution in [2.24, 2.45) is 5.73 Å². The fourth-order valence-corrected chi connectivity index (χ4v) is 3.15. The van der Waals surface area contributed by atoms with Gasteiger partial charge in [-0.1, -0.05) is 6.07 Å². The van der Waals surface area contributed by atoms with Gasteiger partial charge in [0.05, 0.1) is 7.11 Å². The van der Waals surface area contributed by atoms with Crippen molar-refractivity contribution in [3.8, 4) is 5.75 Å². The molecule has 0 bridgehead atoms. The zero-order chi connectivity index (χ0) is 11.8. The summed E-state index contributed by atoms with van der Waals surface area (Å²) in [6.45, 7) is 2.31. The molecule has 1 saturated heterocycles. The molecular formula is C14H20N2O. The minimum Gasteiger partial charge on any atom is -0.497 e. The summed E-state index contributed by atoms with van der Waals surface area (Å²) in [5.41, 5.74) is 9.01. The highest BCUT2D eigenvalue weighted by atomic mass is 16.5. The third kappa shape index (κ3) is 1.94. The number of methoxy groups -OCH3 is 1. The molecule has 0 amide bonds. The van der Waals surface area contributed by atoms with Crippen LogP contribution in [0, 0.1) is 0 Å². The zero-order valence-electron chi connectivity index (χ0n) is 10.4. The van der Waals surface area contributed by atoms with Crippen LogP contribution in [0.3, 0.4) is 0 Å². The molecule has 3 heteroatoms. The summed E-state index contributed by atoms with van der Waals surface area (Å²) < 4.78 is 5.30. The SMILES string of the molecule is COc1ccc2c(c1)CCN1CCC(N)CC21. The zero-order valence-corrected chi connectivity index (χ0v) is 10.4. The van der Waals surface area contributed by atoms with Gasteiger partial charge in [0.25, 0.3) is 0 Å². The normalized spacial score (nSPS) is 28.4. The topological polar surface area (TPSA) is 38.5 Å². The molecule has 2 aliphatic rings. The van der Waals surface area contributed by atoms with E-state index in [0.717, 1.165) is 38.1 Å². The van der Waals surface area contributed by atoms with Crippen LogP contribution in [0.1, 0.15) is 30.0 Å². The van der Waals surface area contributed by atoms with Gasteiger partial charge >= 0.3 is 0 Å². The van der Waals surface area contributed by atoms with Crippen molar-refractivity contribution in [3.63, 3.8) is 0 Å². The van der Waals surface area contributed by atoms with E-state index in [1.165, 1.54) is 11.1 Å². The quantitative estimate of drug-likeness (QED) is 0.801. The summed E-state index contributed by atoms with van der Waals surface area (Å²) >= 11 is 0. The molecule has 2 unspecified atom stereocenters. The lowest BCUT2D eigenvalue weighted by molar-refractivity contribution is 0.126. The standard InChI is InChI=1S/C14H20N2O/c1-17-12-2-3-13-10(8-12)4-6-16-7-5-11(15)9-14(13)16/h2-3,8,11,14H,4-7,9,15H2,1H3. The van der Waals surface area contributed by atoms with Crippen molar-refractivity contribution < 1.29 is 4.74 Å². The van der Waals surface area contributed by atoms with E-state index in [2.05, 4.69) is 23.1 Å². The molecule has 1 aromatic carbocycles. The lowest BCUT2D eigenvalue weighted by Crippen LogP contribution is -2.45. The minimum atomic E-state index is 0.365. The Morgan fingerprint density at radius 2 is 2.24 bits per heavy atom. The third-order valence-corrected chi connectivity index (χ3v) is 4.13. The van der Waals surface area contributed by atoms with Gasteiger partial charge in [-0.15, -0.1) is 0 Å². The Bertz CT molecular complexity index is 419. The van der Waals surface area contributed by atoms with Gasteiger partial charge in [0.1, 0.15) is 5.75 Å². The number of rotatable bonds is 1. The summed E-state index contributed by atoms with van der Waals surface area (Å²) in [4.78, 5) is 2.58. The Morgan fingerprint density at radius 1 is 1.35 bits per heavy atom. The number of hydrogen-bond donors (Lipinski definition) is 1. The average Bonchev–Trinajstić information content (AvgIpc) is 2.37. The van der Waals surface area contributed by atoms with Gasteiger partial charge in [-0.3, -0.25) is 4.90 Å². The minimum absolute atomic E-state index is 0.365. The van der Waals surface area contributed by atoms with E-state index >= 15 is 0 Å². The fourth-order valence-electron chi connectivity index (χ4n) is 3.15. The van der Waals surface area contributed by atoms with E-state index in [0.29, 0.717) is 12.1 Å². The first-order valence-electron chi connectivity index (χ1n) is 6.44. The number of fused-ring (bicyclic) bond motifs is 3. The molecule has 0 radical (unpaired) electrons. The third-order valence-electron chi connectivity index (χ3n) is 4.13. The Kier molecular flexibility index (Phi) is 2.81. The van der Waals surface area contributed by atoms with Crippen LogP contribution >= 0.6 is 0 Å².